The van der Waals surface area contributed by atoms with Gasteiger partial charge < -0.3 is 0 Å². The lowest BCUT2D eigenvalue weighted by Gasteiger charge is -2.07. The molecule has 0 saturated carbocycles. The molecule has 1 heterocycles. The fourth-order valence-corrected chi connectivity index (χ4v) is 4.84. The van der Waals surface area contributed by atoms with Crippen LogP contribution in [0.1, 0.15) is 35.7 Å². The van der Waals surface area contributed by atoms with Crippen molar-refractivity contribution >= 4 is 15.8 Å². The summed E-state index contributed by atoms with van der Waals surface area (Å²) in [5.74, 6) is -0.121. The molecule has 2 aromatic carbocycles. The minimum absolute atomic E-state index is 0.121. The number of aryl methyl sites for hydroxylation is 1. The number of sulfonamides is 1. The Balaban J connectivity index is 1.91. The molecule has 0 N–H and O–H groups in total. The molecular weight excluding hydrogens is 322 g/mol. The first kappa shape index (κ1) is 16.9. The number of hydrogen-bond donors (Lipinski definition) is 0. The van der Waals surface area contributed by atoms with Gasteiger partial charge in [-0.1, -0.05) is 61.4 Å². The summed E-state index contributed by atoms with van der Waals surface area (Å²) in [7, 11) is -3.64. The molecule has 4 nitrogen and oxygen atoms in total. The summed E-state index contributed by atoms with van der Waals surface area (Å²) in [4.78, 5) is 13.0. The number of benzene rings is 2. The van der Waals surface area contributed by atoms with Crippen LogP contribution in [0.5, 0.6) is 0 Å². The van der Waals surface area contributed by atoms with E-state index in [1.54, 1.807) is 48.5 Å². The fraction of sp³-hybridized carbons (Fsp3) is 0.316. The lowest BCUT2D eigenvalue weighted by atomic mass is 10.1. The van der Waals surface area contributed by atoms with Crippen molar-refractivity contribution in [3.63, 3.8) is 0 Å². The van der Waals surface area contributed by atoms with Crippen LogP contribution >= 0.6 is 0 Å². The second-order valence-electron chi connectivity index (χ2n) is 6.18. The fourth-order valence-electron chi connectivity index (χ4n) is 3.06. The third kappa shape index (κ3) is 3.01. The molecule has 126 valence electrons. The van der Waals surface area contributed by atoms with Crippen LogP contribution in [0, 0.1) is 6.92 Å². The van der Waals surface area contributed by atoms with Gasteiger partial charge in [0.25, 0.3) is 0 Å². The van der Waals surface area contributed by atoms with E-state index in [0.29, 0.717) is 12.0 Å². The third-order valence-electron chi connectivity index (χ3n) is 4.38. The lowest BCUT2D eigenvalue weighted by molar-refractivity contribution is 0.0981. The van der Waals surface area contributed by atoms with E-state index >= 15 is 0 Å². The van der Waals surface area contributed by atoms with Gasteiger partial charge in [-0.2, -0.15) is 4.31 Å². The molecule has 2 aromatic rings. The van der Waals surface area contributed by atoms with Crippen LogP contribution in [0.3, 0.4) is 0 Å². The van der Waals surface area contributed by atoms with Gasteiger partial charge in [-0.3, -0.25) is 4.79 Å². The number of nitrogens with zero attached hydrogens (tertiary/aromatic N) is 1. The summed E-state index contributed by atoms with van der Waals surface area (Å²) in [5, 5.41) is 0. The van der Waals surface area contributed by atoms with Gasteiger partial charge in [0.15, 0.2) is 5.78 Å². The third-order valence-corrected chi connectivity index (χ3v) is 6.30. The van der Waals surface area contributed by atoms with Crippen LogP contribution in [-0.2, 0) is 10.0 Å². The standard InChI is InChI=1S/C19H21NO3S/c1-3-7-17-18(19(21)15-8-5-4-6-9-15)20(17)24(22,23)16-12-10-14(2)11-13-16/h4-6,8-13,17-18H,3,7H2,1-2H3. The number of ketones is 1. The highest BCUT2D eigenvalue weighted by Gasteiger charge is 2.58. The molecule has 1 fully saturated rings. The molecule has 0 aromatic heterocycles. The second kappa shape index (κ2) is 6.49. The topological polar surface area (TPSA) is 54.2 Å². The Labute approximate surface area is 143 Å². The van der Waals surface area contributed by atoms with Crippen molar-refractivity contribution in [2.24, 2.45) is 0 Å². The highest BCUT2D eigenvalue weighted by Crippen LogP contribution is 2.40. The van der Waals surface area contributed by atoms with Crippen molar-refractivity contribution in [3.05, 3.63) is 65.7 Å². The monoisotopic (exact) mass is 343 g/mol. The smallest absolute Gasteiger partial charge is 0.244 e. The Morgan fingerprint density at radius 2 is 1.67 bits per heavy atom. The largest absolute Gasteiger partial charge is 0.292 e. The van der Waals surface area contributed by atoms with Crippen LogP contribution in [0.2, 0.25) is 0 Å². The Kier molecular flexibility index (Phi) is 4.56. The summed E-state index contributed by atoms with van der Waals surface area (Å²) >= 11 is 0. The zero-order valence-corrected chi connectivity index (χ0v) is 14.7. The number of rotatable bonds is 6. The van der Waals surface area contributed by atoms with Crippen molar-refractivity contribution in [2.45, 2.75) is 43.7 Å². The van der Waals surface area contributed by atoms with Crippen LogP contribution < -0.4 is 0 Å². The first-order valence-electron chi connectivity index (χ1n) is 8.16. The maximum absolute atomic E-state index is 12.9. The molecular formula is C19H21NO3S. The predicted octanol–water partition coefficient (Wildman–Crippen LogP) is 3.42. The van der Waals surface area contributed by atoms with Crippen LogP contribution in [0.25, 0.3) is 0 Å². The molecule has 3 atom stereocenters. The van der Waals surface area contributed by atoms with Crippen molar-refractivity contribution in [3.8, 4) is 0 Å². The second-order valence-corrected chi connectivity index (χ2v) is 8.02. The molecule has 1 saturated heterocycles. The average molecular weight is 343 g/mol. The molecule has 0 radical (unpaired) electrons. The Hall–Kier alpha value is -1.98. The van der Waals surface area contributed by atoms with Crippen molar-refractivity contribution in [1.29, 1.82) is 0 Å². The van der Waals surface area contributed by atoms with Crippen molar-refractivity contribution in [2.75, 3.05) is 0 Å². The highest BCUT2D eigenvalue weighted by atomic mass is 32.2. The quantitative estimate of drug-likeness (QED) is 0.596. The van der Waals surface area contributed by atoms with Gasteiger partial charge in [0.05, 0.1) is 10.9 Å². The molecule has 1 aliphatic heterocycles. The summed E-state index contributed by atoms with van der Waals surface area (Å²) in [6, 6.07) is 14.8. The maximum Gasteiger partial charge on any atom is 0.244 e. The van der Waals surface area contributed by atoms with Crippen LogP contribution in [0.4, 0.5) is 0 Å². The zero-order chi connectivity index (χ0) is 17.3. The molecule has 0 spiro atoms. The number of Topliss-reactive ketones (excluding diaryl/α,β-unsaturated/α-hetero) is 1. The van der Waals surface area contributed by atoms with E-state index in [1.165, 1.54) is 4.31 Å². The van der Waals surface area contributed by atoms with E-state index in [2.05, 4.69) is 0 Å². The minimum Gasteiger partial charge on any atom is -0.292 e. The molecule has 1 aliphatic rings. The van der Waals surface area contributed by atoms with E-state index < -0.39 is 16.1 Å². The van der Waals surface area contributed by atoms with Crippen LogP contribution in [-0.4, -0.2) is 30.6 Å². The molecule has 0 bridgehead atoms. The first-order chi connectivity index (χ1) is 11.5. The highest BCUT2D eigenvalue weighted by molar-refractivity contribution is 7.89. The Morgan fingerprint density at radius 1 is 1.04 bits per heavy atom. The molecule has 0 amide bonds. The maximum atomic E-state index is 12.9. The molecule has 24 heavy (non-hydrogen) atoms. The molecule has 3 unspecified atom stereocenters. The lowest BCUT2D eigenvalue weighted by Crippen LogP contribution is -2.19. The van der Waals surface area contributed by atoms with Gasteiger partial charge in [-0.05, 0) is 25.5 Å². The summed E-state index contributed by atoms with van der Waals surface area (Å²) in [6.45, 7) is 3.91. The number of hydrogen-bond acceptors (Lipinski definition) is 3. The van der Waals surface area contributed by atoms with Crippen LogP contribution in [0.15, 0.2) is 59.5 Å². The van der Waals surface area contributed by atoms with Gasteiger partial charge in [-0.15, -0.1) is 0 Å². The van der Waals surface area contributed by atoms with E-state index in [-0.39, 0.29) is 16.7 Å². The molecule has 0 aliphatic carbocycles. The van der Waals surface area contributed by atoms with Gasteiger partial charge in [0, 0.05) is 5.56 Å². The van der Waals surface area contributed by atoms with E-state index in [9.17, 15) is 13.2 Å². The predicted molar refractivity (Wildman–Crippen MR) is 93.5 cm³/mol. The Bertz CT molecular complexity index is 829. The van der Waals surface area contributed by atoms with Gasteiger partial charge >= 0.3 is 0 Å². The van der Waals surface area contributed by atoms with Crippen molar-refractivity contribution < 1.29 is 13.2 Å². The molecule has 3 rings (SSSR count). The van der Waals surface area contributed by atoms with Gasteiger partial charge in [0.1, 0.15) is 6.04 Å². The Morgan fingerprint density at radius 3 is 2.25 bits per heavy atom. The number of carbonyl (C=O) groups excluding carboxylic acids is 1. The van der Waals surface area contributed by atoms with E-state index in [4.69, 9.17) is 0 Å². The minimum atomic E-state index is -3.64. The van der Waals surface area contributed by atoms with Gasteiger partial charge in [0.2, 0.25) is 10.0 Å². The summed E-state index contributed by atoms with van der Waals surface area (Å²) in [6.07, 6.45) is 1.53. The first-order valence-corrected chi connectivity index (χ1v) is 9.60. The normalized spacial score (nSPS) is 23.0. The summed E-state index contributed by atoms with van der Waals surface area (Å²) < 4.78 is 27.2. The number of carbonyl (C=O) groups is 1. The zero-order valence-electron chi connectivity index (χ0n) is 13.8. The molecule has 5 heteroatoms. The van der Waals surface area contributed by atoms with E-state index in [0.717, 1.165) is 12.0 Å². The van der Waals surface area contributed by atoms with E-state index in [1.807, 2.05) is 19.9 Å². The summed E-state index contributed by atoms with van der Waals surface area (Å²) in [5.41, 5.74) is 1.56. The average Bonchev–Trinajstić information content (AvgIpc) is 3.30. The SMILES string of the molecule is CCCC1C(C(=O)c2ccccc2)N1S(=O)(=O)c1ccc(C)cc1. The van der Waals surface area contributed by atoms with Crippen molar-refractivity contribution in [1.82, 2.24) is 4.31 Å². The van der Waals surface area contributed by atoms with Gasteiger partial charge in [-0.25, -0.2) is 8.42 Å².